The van der Waals surface area contributed by atoms with Crippen molar-refractivity contribution in [2.45, 2.75) is 13.3 Å². The van der Waals surface area contributed by atoms with Gasteiger partial charge >= 0.3 is 0 Å². The summed E-state index contributed by atoms with van der Waals surface area (Å²) in [5.74, 6) is 0. The summed E-state index contributed by atoms with van der Waals surface area (Å²) in [7, 11) is 0. The van der Waals surface area contributed by atoms with Gasteiger partial charge < -0.3 is 0 Å². The molecule has 2 nitrogen and oxygen atoms in total. The largest absolute Gasteiger partial charge is 0.271 e. The molecule has 0 aliphatic heterocycles. The number of aryl methyl sites for hydroxylation is 1. The molecule has 72 valence electrons. The molecule has 0 amide bonds. The third kappa shape index (κ3) is 1.73. The Labute approximate surface area is 91.5 Å². The topological polar surface area (TPSA) is 28.7 Å². The lowest BCUT2D eigenvalue weighted by atomic mass is 10.0. The number of nitrogens with zero attached hydrogens (tertiary/aromatic N) is 1. The van der Waals surface area contributed by atoms with E-state index >= 15 is 0 Å². The highest BCUT2D eigenvalue weighted by molar-refractivity contribution is 9.10. The van der Waals surface area contributed by atoms with Crippen molar-refractivity contribution in [3.05, 3.63) is 40.5 Å². The van der Waals surface area contributed by atoms with E-state index in [-0.39, 0.29) is 0 Å². The van der Waals surface area contributed by atoms with Gasteiger partial charge in [0.05, 0.1) is 5.69 Å². The van der Waals surface area contributed by atoms with Crippen molar-refractivity contribution in [1.29, 1.82) is 0 Å². The lowest BCUT2D eigenvalue weighted by molar-refractivity contribution is 1.07. The van der Waals surface area contributed by atoms with E-state index in [2.05, 4.69) is 51.3 Å². The number of H-pyrrole nitrogens is 1. The van der Waals surface area contributed by atoms with Crippen molar-refractivity contribution < 1.29 is 0 Å². The van der Waals surface area contributed by atoms with Crippen molar-refractivity contribution in [3.63, 3.8) is 0 Å². The molecular weight excluding hydrogens is 240 g/mol. The number of halogens is 1. The second-order valence-corrected chi connectivity index (χ2v) is 3.97. The van der Waals surface area contributed by atoms with E-state index < -0.39 is 0 Å². The van der Waals surface area contributed by atoms with Crippen LogP contribution in [0.5, 0.6) is 0 Å². The maximum Gasteiger partial charge on any atom is 0.101 e. The Bertz CT molecular complexity index is 434. The molecule has 0 spiro atoms. The predicted molar refractivity (Wildman–Crippen MR) is 61.1 cm³/mol. The molecule has 0 atom stereocenters. The second kappa shape index (κ2) is 3.96. The van der Waals surface area contributed by atoms with Gasteiger partial charge in [-0.2, -0.15) is 5.10 Å². The fourth-order valence-electron chi connectivity index (χ4n) is 1.51. The summed E-state index contributed by atoms with van der Waals surface area (Å²) in [4.78, 5) is 0. The normalized spacial score (nSPS) is 10.4. The van der Waals surface area contributed by atoms with E-state index in [1.165, 1.54) is 11.1 Å². The fraction of sp³-hybridized carbons (Fsp3) is 0.182. The Balaban J connectivity index is 2.50. The monoisotopic (exact) mass is 250 g/mol. The summed E-state index contributed by atoms with van der Waals surface area (Å²) >= 11 is 3.36. The van der Waals surface area contributed by atoms with E-state index in [1.54, 1.807) is 0 Å². The van der Waals surface area contributed by atoms with Crippen LogP contribution in [-0.2, 0) is 6.42 Å². The molecule has 0 unspecified atom stereocenters. The van der Waals surface area contributed by atoms with Gasteiger partial charge in [-0.3, -0.25) is 5.10 Å². The van der Waals surface area contributed by atoms with Crippen LogP contribution in [-0.4, -0.2) is 10.2 Å². The van der Waals surface area contributed by atoms with Gasteiger partial charge in [0.1, 0.15) is 4.60 Å². The average Bonchev–Trinajstić information content (AvgIpc) is 2.65. The molecule has 0 saturated carbocycles. The number of aromatic amines is 1. The molecule has 1 aromatic heterocycles. The second-order valence-electron chi connectivity index (χ2n) is 3.11. The van der Waals surface area contributed by atoms with Crippen molar-refractivity contribution in [1.82, 2.24) is 10.2 Å². The van der Waals surface area contributed by atoms with Crippen LogP contribution >= 0.6 is 15.9 Å². The average molecular weight is 251 g/mol. The molecule has 0 fully saturated rings. The van der Waals surface area contributed by atoms with E-state index in [9.17, 15) is 0 Å². The van der Waals surface area contributed by atoms with Crippen LogP contribution in [0.25, 0.3) is 11.3 Å². The number of benzene rings is 1. The minimum atomic E-state index is 0.915. The summed E-state index contributed by atoms with van der Waals surface area (Å²) in [6.45, 7) is 2.15. The van der Waals surface area contributed by atoms with Gasteiger partial charge in [0.2, 0.25) is 0 Å². The molecule has 2 rings (SSSR count). The summed E-state index contributed by atoms with van der Waals surface area (Å²) < 4.78 is 0.915. The first-order valence-electron chi connectivity index (χ1n) is 4.60. The lowest BCUT2D eigenvalue weighted by Crippen LogP contribution is -1.86. The van der Waals surface area contributed by atoms with Crippen molar-refractivity contribution in [2.24, 2.45) is 0 Å². The zero-order valence-electron chi connectivity index (χ0n) is 7.92. The summed E-state index contributed by atoms with van der Waals surface area (Å²) in [5.41, 5.74) is 3.53. The van der Waals surface area contributed by atoms with Crippen LogP contribution < -0.4 is 0 Å². The Kier molecular flexibility index (Phi) is 2.68. The zero-order valence-corrected chi connectivity index (χ0v) is 9.51. The highest BCUT2D eigenvalue weighted by Crippen LogP contribution is 2.23. The molecule has 0 saturated heterocycles. The van der Waals surface area contributed by atoms with E-state index in [4.69, 9.17) is 0 Å². The molecule has 1 aromatic carbocycles. The van der Waals surface area contributed by atoms with Gasteiger partial charge in [-0.25, -0.2) is 0 Å². The van der Waals surface area contributed by atoms with E-state index in [0.717, 1.165) is 16.7 Å². The molecule has 0 aliphatic rings. The first kappa shape index (κ1) is 9.46. The predicted octanol–water partition coefficient (Wildman–Crippen LogP) is 3.40. The first-order valence-corrected chi connectivity index (χ1v) is 5.39. The zero-order chi connectivity index (χ0) is 9.97. The third-order valence-corrected chi connectivity index (χ3v) is 2.63. The van der Waals surface area contributed by atoms with Crippen LogP contribution in [0, 0.1) is 0 Å². The Morgan fingerprint density at radius 3 is 2.79 bits per heavy atom. The van der Waals surface area contributed by atoms with Crippen LogP contribution in [0.1, 0.15) is 12.5 Å². The molecular formula is C11H11BrN2. The van der Waals surface area contributed by atoms with Crippen molar-refractivity contribution in [2.75, 3.05) is 0 Å². The van der Waals surface area contributed by atoms with E-state index in [0.29, 0.717) is 0 Å². The highest BCUT2D eigenvalue weighted by atomic mass is 79.9. The van der Waals surface area contributed by atoms with Crippen molar-refractivity contribution in [3.8, 4) is 11.3 Å². The SMILES string of the molecule is CCc1ccccc1-c1cc(Br)[nH]n1. The van der Waals surface area contributed by atoms with Gasteiger partial charge in [0.15, 0.2) is 0 Å². The fourth-order valence-corrected chi connectivity index (χ4v) is 1.82. The van der Waals surface area contributed by atoms with Gasteiger partial charge in [-0.1, -0.05) is 31.2 Å². The Morgan fingerprint density at radius 2 is 2.14 bits per heavy atom. The van der Waals surface area contributed by atoms with Crippen molar-refractivity contribution >= 4 is 15.9 Å². The highest BCUT2D eigenvalue weighted by Gasteiger charge is 2.05. The Morgan fingerprint density at radius 1 is 1.36 bits per heavy atom. The van der Waals surface area contributed by atoms with Crippen LogP contribution in [0.3, 0.4) is 0 Å². The maximum absolute atomic E-state index is 4.22. The maximum atomic E-state index is 4.22. The number of hydrogen-bond acceptors (Lipinski definition) is 1. The third-order valence-electron chi connectivity index (χ3n) is 2.22. The standard InChI is InChI=1S/C11H11BrN2/c1-2-8-5-3-4-6-9(8)10-7-11(12)14-13-10/h3-7H,2H2,1H3,(H,13,14). The molecule has 14 heavy (non-hydrogen) atoms. The quantitative estimate of drug-likeness (QED) is 0.870. The minimum absolute atomic E-state index is 0.915. The van der Waals surface area contributed by atoms with E-state index in [1.807, 2.05) is 12.1 Å². The van der Waals surface area contributed by atoms with Crippen LogP contribution in [0.4, 0.5) is 0 Å². The molecule has 3 heteroatoms. The van der Waals surface area contributed by atoms with Gasteiger partial charge in [-0.05, 0) is 34.0 Å². The Hall–Kier alpha value is -1.09. The number of aromatic nitrogens is 2. The molecule has 0 aliphatic carbocycles. The summed E-state index contributed by atoms with van der Waals surface area (Å²) in [6, 6.07) is 10.3. The molecule has 0 bridgehead atoms. The first-order chi connectivity index (χ1) is 6.81. The minimum Gasteiger partial charge on any atom is -0.271 e. The molecule has 0 radical (unpaired) electrons. The van der Waals surface area contributed by atoms with Gasteiger partial charge in [-0.15, -0.1) is 0 Å². The molecule has 2 aromatic rings. The summed E-state index contributed by atoms with van der Waals surface area (Å²) in [5, 5.41) is 7.11. The number of hydrogen-bond donors (Lipinski definition) is 1. The summed E-state index contributed by atoms with van der Waals surface area (Å²) in [6.07, 6.45) is 1.03. The number of nitrogens with one attached hydrogen (secondary N) is 1. The lowest BCUT2D eigenvalue weighted by Gasteiger charge is -2.03. The number of rotatable bonds is 2. The van der Waals surface area contributed by atoms with Gasteiger partial charge in [0.25, 0.3) is 0 Å². The van der Waals surface area contributed by atoms with Crippen LogP contribution in [0.2, 0.25) is 0 Å². The van der Waals surface area contributed by atoms with Gasteiger partial charge in [0, 0.05) is 5.56 Å². The molecule has 1 heterocycles. The smallest absolute Gasteiger partial charge is 0.101 e. The molecule has 1 N–H and O–H groups in total. The van der Waals surface area contributed by atoms with Crippen LogP contribution in [0.15, 0.2) is 34.9 Å².